The molecular weight excluding hydrogens is 280 g/mol. The molecule has 3 aromatic rings. The maximum Gasteiger partial charge on any atom is 0.339 e. The molecule has 2 aromatic heterocycles. The van der Waals surface area contributed by atoms with Gasteiger partial charge < -0.3 is 4.74 Å². The van der Waals surface area contributed by atoms with Gasteiger partial charge in [0.15, 0.2) is 5.82 Å². The molecule has 0 radical (unpaired) electrons. The predicted octanol–water partition coefficient (Wildman–Crippen LogP) is 2.39. The lowest BCUT2D eigenvalue weighted by Crippen LogP contribution is -2.02. The highest BCUT2D eigenvalue weighted by atomic mass is 16.5. The number of benzene rings is 1. The molecule has 6 nitrogen and oxygen atoms in total. The van der Waals surface area contributed by atoms with Gasteiger partial charge in [0, 0.05) is 11.8 Å². The summed E-state index contributed by atoms with van der Waals surface area (Å²) in [6.45, 7) is 0. The van der Waals surface area contributed by atoms with Crippen molar-refractivity contribution in [1.82, 2.24) is 20.2 Å². The van der Waals surface area contributed by atoms with E-state index >= 15 is 0 Å². The van der Waals surface area contributed by atoms with Crippen LogP contribution in [0, 0.1) is 0 Å². The minimum atomic E-state index is -0.433. The molecule has 0 fully saturated rings. The van der Waals surface area contributed by atoms with Crippen LogP contribution in [0.1, 0.15) is 10.4 Å². The van der Waals surface area contributed by atoms with Gasteiger partial charge in [0.05, 0.1) is 18.9 Å². The molecule has 0 amide bonds. The van der Waals surface area contributed by atoms with Crippen molar-refractivity contribution in [1.29, 1.82) is 0 Å². The van der Waals surface area contributed by atoms with Crippen molar-refractivity contribution in [3.63, 3.8) is 0 Å². The molecule has 22 heavy (non-hydrogen) atoms. The second kappa shape index (κ2) is 6.09. The molecular formula is C16H12N4O2. The van der Waals surface area contributed by atoms with E-state index in [1.54, 1.807) is 18.3 Å². The van der Waals surface area contributed by atoms with E-state index in [0.717, 1.165) is 5.56 Å². The van der Waals surface area contributed by atoms with Gasteiger partial charge in [0.25, 0.3) is 0 Å². The molecule has 0 bridgehead atoms. The Morgan fingerprint density at radius 3 is 2.32 bits per heavy atom. The average molecular weight is 292 g/mol. The highest BCUT2D eigenvalue weighted by molar-refractivity contribution is 5.89. The Kier molecular flexibility index (Phi) is 3.82. The fourth-order valence-corrected chi connectivity index (χ4v) is 1.90. The molecule has 0 N–H and O–H groups in total. The number of ether oxygens (including phenoxy) is 1. The summed E-state index contributed by atoms with van der Waals surface area (Å²) >= 11 is 0. The molecule has 2 heterocycles. The predicted molar refractivity (Wildman–Crippen MR) is 79.8 cm³/mol. The third-order valence-electron chi connectivity index (χ3n) is 3.04. The highest BCUT2D eigenvalue weighted by Crippen LogP contribution is 2.16. The minimum Gasteiger partial charge on any atom is -0.465 e. The fraction of sp³-hybridized carbons (Fsp3) is 0.0625. The maximum absolute atomic E-state index is 11.4. The number of carbonyl (C=O) groups excluding carboxylic acids is 1. The summed E-state index contributed by atoms with van der Waals surface area (Å²) in [6.07, 6.45) is 3.07. The lowest BCUT2D eigenvalue weighted by molar-refractivity contribution is 0.0600. The van der Waals surface area contributed by atoms with Crippen LogP contribution in [0.3, 0.4) is 0 Å². The van der Waals surface area contributed by atoms with Crippen LogP contribution < -0.4 is 0 Å². The van der Waals surface area contributed by atoms with E-state index in [1.165, 1.54) is 13.3 Å². The van der Waals surface area contributed by atoms with Gasteiger partial charge in [0.1, 0.15) is 11.4 Å². The normalized spacial score (nSPS) is 10.2. The first-order valence-corrected chi connectivity index (χ1v) is 6.58. The first-order valence-electron chi connectivity index (χ1n) is 6.58. The Morgan fingerprint density at radius 2 is 1.73 bits per heavy atom. The number of esters is 1. The van der Waals surface area contributed by atoms with Crippen LogP contribution in [0.2, 0.25) is 0 Å². The Balaban J connectivity index is 1.85. The molecule has 0 saturated carbocycles. The van der Waals surface area contributed by atoms with Gasteiger partial charge in [-0.05, 0) is 12.1 Å². The molecule has 0 atom stereocenters. The van der Waals surface area contributed by atoms with E-state index in [0.29, 0.717) is 22.8 Å². The third kappa shape index (κ3) is 2.80. The number of methoxy groups -OCH3 is 1. The van der Waals surface area contributed by atoms with Crippen LogP contribution in [0.5, 0.6) is 0 Å². The van der Waals surface area contributed by atoms with Gasteiger partial charge in [-0.1, -0.05) is 30.3 Å². The van der Waals surface area contributed by atoms with E-state index in [-0.39, 0.29) is 0 Å². The van der Waals surface area contributed by atoms with Gasteiger partial charge in [-0.25, -0.2) is 9.78 Å². The Bertz CT molecular complexity index is 772. The number of hydrogen-bond acceptors (Lipinski definition) is 6. The third-order valence-corrected chi connectivity index (χ3v) is 3.04. The average Bonchev–Trinajstić information content (AvgIpc) is 2.62. The zero-order chi connectivity index (χ0) is 15.4. The maximum atomic E-state index is 11.4. The van der Waals surface area contributed by atoms with Crippen LogP contribution in [0.4, 0.5) is 0 Å². The second-order valence-electron chi connectivity index (χ2n) is 4.46. The van der Waals surface area contributed by atoms with E-state index in [9.17, 15) is 4.79 Å². The lowest BCUT2D eigenvalue weighted by atomic mass is 10.2. The molecule has 0 aliphatic rings. The summed E-state index contributed by atoms with van der Waals surface area (Å²) in [5.41, 5.74) is 2.55. The Hall–Kier alpha value is -3.15. The van der Waals surface area contributed by atoms with E-state index in [4.69, 9.17) is 0 Å². The molecule has 0 unspecified atom stereocenters. The van der Waals surface area contributed by atoms with Crippen molar-refractivity contribution < 1.29 is 9.53 Å². The van der Waals surface area contributed by atoms with Crippen LogP contribution in [0.15, 0.2) is 54.9 Å². The number of aromatic nitrogens is 4. The lowest BCUT2D eigenvalue weighted by Gasteiger charge is -2.02. The van der Waals surface area contributed by atoms with Crippen LogP contribution >= 0.6 is 0 Å². The summed E-state index contributed by atoms with van der Waals surface area (Å²) < 4.78 is 4.62. The zero-order valence-electron chi connectivity index (χ0n) is 11.8. The van der Waals surface area contributed by atoms with Gasteiger partial charge in [0.2, 0.25) is 0 Å². The van der Waals surface area contributed by atoms with Gasteiger partial charge in [-0.15, -0.1) is 10.2 Å². The quantitative estimate of drug-likeness (QED) is 0.690. The number of nitrogens with zero attached hydrogens (tertiary/aromatic N) is 4. The molecule has 108 valence electrons. The number of hydrogen-bond donors (Lipinski definition) is 0. The SMILES string of the molecule is COC(=O)c1ccc(-c2ncc(-c3ccccc3)nn2)nc1. The number of rotatable bonds is 3. The first kappa shape index (κ1) is 13.8. The van der Waals surface area contributed by atoms with E-state index in [2.05, 4.69) is 24.9 Å². The van der Waals surface area contributed by atoms with Crippen molar-refractivity contribution >= 4 is 5.97 Å². The van der Waals surface area contributed by atoms with Crippen LogP contribution in [-0.4, -0.2) is 33.2 Å². The van der Waals surface area contributed by atoms with Crippen molar-refractivity contribution in [3.8, 4) is 22.8 Å². The summed E-state index contributed by atoms with van der Waals surface area (Å²) in [5.74, 6) is -0.0337. The van der Waals surface area contributed by atoms with Crippen molar-refractivity contribution in [2.45, 2.75) is 0 Å². The standard InChI is InChI=1S/C16H12N4O2/c1-22-16(21)12-7-8-13(17-9-12)15-18-10-14(19-20-15)11-5-3-2-4-6-11/h2-10H,1H3. The molecule has 0 aliphatic carbocycles. The van der Waals surface area contributed by atoms with Crippen LogP contribution in [-0.2, 0) is 4.74 Å². The van der Waals surface area contributed by atoms with Gasteiger partial charge >= 0.3 is 5.97 Å². The summed E-state index contributed by atoms with van der Waals surface area (Å²) in [4.78, 5) is 19.8. The fourth-order valence-electron chi connectivity index (χ4n) is 1.90. The topological polar surface area (TPSA) is 77.9 Å². The second-order valence-corrected chi connectivity index (χ2v) is 4.46. The molecule has 1 aromatic carbocycles. The van der Waals surface area contributed by atoms with Gasteiger partial charge in [-0.3, -0.25) is 4.98 Å². The first-order chi connectivity index (χ1) is 10.8. The van der Waals surface area contributed by atoms with Crippen molar-refractivity contribution in [3.05, 3.63) is 60.4 Å². The largest absolute Gasteiger partial charge is 0.465 e. The van der Waals surface area contributed by atoms with E-state index < -0.39 is 5.97 Å². The van der Waals surface area contributed by atoms with Crippen molar-refractivity contribution in [2.75, 3.05) is 7.11 Å². The molecule has 0 saturated heterocycles. The number of carbonyl (C=O) groups is 1. The molecule has 6 heteroatoms. The summed E-state index contributed by atoms with van der Waals surface area (Å²) in [5, 5.41) is 8.24. The Labute approximate surface area is 126 Å². The molecule has 0 spiro atoms. The zero-order valence-corrected chi connectivity index (χ0v) is 11.8. The summed E-state index contributed by atoms with van der Waals surface area (Å²) in [7, 11) is 1.32. The molecule has 3 rings (SSSR count). The van der Waals surface area contributed by atoms with E-state index in [1.807, 2.05) is 30.3 Å². The molecule has 0 aliphatic heterocycles. The van der Waals surface area contributed by atoms with Crippen LogP contribution in [0.25, 0.3) is 22.8 Å². The smallest absolute Gasteiger partial charge is 0.339 e. The Morgan fingerprint density at radius 1 is 0.909 bits per heavy atom. The number of pyridine rings is 1. The van der Waals surface area contributed by atoms with Crippen molar-refractivity contribution in [2.24, 2.45) is 0 Å². The highest BCUT2D eigenvalue weighted by Gasteiger charge is 2.09. The minimum absolute atomic E-state index is 0.375. The monoisotopic (exact) mass is 292 g/mol. The summed E-state index contributed by atoms with van der Waals surface area (Å²) in [6, 6.07) is 12.9. The van der Waals surface area contributed by atoms with Gasteiger partial charge in [-0.2, -0.15) is 0 Å².